The number of ether oxygens (including phenoxy) is 1. The third-order valence-corrected chi connectivity index (χ3v) is 4.13. The molecule has 0 unspecified atom stereocenters. The summed E-state index contributed by atoms with van der Waals surface area (Å²) in [5, 5.41) is 12.4. The second kappa shape index (κ2) is 7.28. The molecule has 0 bridgehead atoms. The first-order valence-corrected chi connectivity index (χ1v) is 8.08. The summed E-state index contributed by atoms with van der Waals surface area (Å²) < 4.78 is 4.55. The predicted octanol–water partition coefficient (Wildman–Crippen LogP) is 1.80. The Bertz CT molecular complexity index is 918. The molecule has 2 aromatic carbocycles. The van der Waals surface area contributed by atoms with Gasteiger partial charge in [-0.3, -0.25) is 19.3 Å². The maximum atomic E-state index is 12.3. The van der Waals surface area contributed by atoms with Gasteiger partial charge in [0.05, 0.1) is 29.5 Å². The first-order valence-electron chi connectivity index (χ1n) is 8.08. The summed E-state index contributed by atoms with van der Waals surface area (Å²) in [6.07, 6.45) is -0.135. The Hall–Kier alpha value is -3.68. The van der Waals surface area contributed by atoms with Crippen LogP contribution in [0.25, 0.3) is 0 Å². The number of hydrogen-bond donors (Lipinski definition) is 2. The molecular formula is C19H16N2O6. The van der Waals surface area contributed by atoms with Crippen LogP contribution >= 0.6 is 0 Å². The van der Waals surface area contributed by atoms with Gasteiger partial charge < -0.3 is 15.2 Å². The van der Waals surface area contributed by atoms with E-state index in [1.807, 2.05) is 0 Å². The predicted molar refractivity (Wildman–Crippen MR) is 94.5 cm³/mol. The van der Waals surface area contributed by atoms with Gasteiger partial charge in [0.1, 0.15) is 5.75 Å². The lowest BCUT2D eigenvalue weighted by molar-refractivity contribution is -0.116. The monoisotopic (exact) mass is 368 g/mol. The number of methoxy groups -OCH3 is 1. The van der Waals surface area contributed by atoms with Crippen LogP contribution in [0.3, 0.4) is 0 Å². The number of nitrogens with zero attached hydrogens (tertiary/aromatic N) is 1. The molecule has 0 saturated heterocycles. The molecule has 27 heavy (non-hydrogen) atoms. The number of phenolic OH excluding ortho intramolecular Hbond substituents is 1. The molecule has 8 nitrogen and oxygen atoms in total. The Kier molecular flexibility index (Phi) is 4.89. The highest BCUT2D eigenvalue weighted by atomic mass is 16.5. The van der Waals surface area contributed by atoms with Gasteiger partial charge >= 0.3 is 5.97 Å². The zero-order valence-corrected chi connectivity index (χ0v) is 14.4. The number of carbonyl (C=O) groups is 4. The van der Waals surface area contributed by atoms with E-state index >= 15 is 0 Å². The van der Waals surface area contributed by atoms with Crippen molar-refractivity contribution in [2.75, 3.05) is 19.0 Å². The molecule has 1 aliphatic rings. The highest BCUT2D eigenvalue weighted by Crippen LogP contribution is 2.25. The van der Waals surface area contributed by atoms with Gasteiger partial charge in [-0.1, -0.05) is 12.1 Å². The van der Waals surface area contributed by atoms with Gasteiger partial charge in [-0.05, 0) is 30.3 Å². The smallest absolute Gasteiger partial charge is 0.337 e. The average Bonchev–Trinajstić information content (AvgIpc) is 2.92. The molecule has 8 heteroatoms. The number of fused-ring (bicyclic) bond motifs is 1. The molecule has 3 amide bonds. The van der Waals surface area contributed by atoms with Crippen LogP contribution in [-0.2, 0) is 9.53 Å². The van der Waals surface area contributed by atoms with E-state index in [-0.39, 0.29) is 30.0 Å². The molecule has 2 aromatic rings. The van der Waals surface area contributed by atoms with Gasteiger partial charge in [-0.15, -0.1) is 0 Å². The summed E-state index contributed by atoms with van der Waals surface area (Å²) >= 11 is 0. The molecule has 3 rings (SSSR count). The molecule has 1 aliphatic heterocycles. The van der Waals surface area contributed by atoms with E-state index in [1.165, 1.54) is 25.3 Å². The lowest BCUT2D eigenvalue weighted by atomic mass is 10.1. The highest BCUT2D eigenvalue weighted by molar-refractivity contribution is 6.21. The van der Waals surface area contributed by atoms with E-state index in [9.17, 15) is 24.3 Å². The lowest BCUT2D eigenvalue weighted by Crippen LogP contribution is -2.32. The Labute approximate surface area is 154 Å². The van der Waals surface area contributed by atoms with Crippen molar-refractivity contribution in [2.24, 2.45) is 0 Å². The van der Waals surface area contributed by atoms with E-state index < -0.39 is 23.7 Å². The number of nitrogens with one attached hydrogen (secondary N) is 1. The normalized spacial score (nSPS) is 12.7. The molecule has 1 heterocycles. The van der Waals surface area contributed by atoms with Crippen molar-refractivity contribution >= 4 is 29.4 Å². The fourth-order valence-corrected chi connectivity index (χ4v) is 2.75. The lowest BCUT2D eigenvalue weighted by Gasteiger charge is -2.14. The van der Waals surface area contributed by atoms with Crippen LogP contribution in [0.4, 0.5) is 5.69 Å². The van der Waals surface area contributed by atoms with Crippen LogP contribution in [0.2, 0.25) is 0 Å². The molecular weight excluding hydrogens is 352 g/mol. The Morgan fingerprint density at radius 2 is 1.70 bits per heavy atom. The second-order valence-electron chi connectivity index (χ2n) is 5.83. The van der Waals surface area contributed by atoms with Crippen LogP contribution < -0.4 is 5.32 Å². The van der Waals surface area contributed by atoms with E-state index in [1.54, 1.807) is 24.3 Å². The van der Waals surface area contributed by atoms with E-state index in [2.05, 4.69) is 10.1 Å². The van der Waals surface area contributed by atoms with Gasteiger partial charge in [0.25, 0.3) is 11.8 Å². The largest absolute Gasteiger partial charge is 0.506 e. The molecule has 138 valence electrons. The van der Waals surface area contributed by atoms with Crippen LogP contribution in [0, 0.1) is 0 Å². The number of esters is 1. The first kappa shape index (κ1) is 18.1. The second-order valence-corrected chi connectivity index (χ2v) is 5.83. The number of carbonyl (C=O) groups excluding carboxylic acids is 4. The number of phenols is 1. The standard InChI is InChI=1S/C19H16N2O6/c1-27-19(26)11-6-7-14(15(22)10-11)20-16(23)8-9-21-17(24)12-4-2-3-5-13(12)18(21)25/h2-7,10,22H,8-9H2,1H3,(H,20,23). The summed E-state index contributed by atoms with van der Waals surface area (Å²) in [6.45, 7) is -0.0841. The molecule has 0 aliphatic carbocycles. The molecule has 0 aromatic heterocycles. The summed E-state index contributed by atoms with van der Waals surface area (Å²) in [7, 11) is 1.22. The number of anilines is 1. The van der Waals surface area contributed by atoms with E-state index in [4.69, 9.17) is 0 Å². The molecule has 0 spiro atoms. The van der Waals surface area contributed by atoms with Crippen LogP contribution in [-0.4, -0.2) is 47.4 Å². The summed E-state index contributed by atoms with van der Waals surface area (Å²) in [4.78, 5) is 49.1. The fraction of sp³-hybridized carbons (Fsp3) is 0.158. The number of rotatable bonds is 5. The van der Waals surface area contributed by atoms with Crippen molar-refractivity contribution in [3.8, 4) is 5.75 Å². The topological polar surface area (TPSA) is 113 Å². The third-order valence-electron chi connectivity index (χ3n) is 4.13. The van der Waals surface area contributed by atoms with Crippen molar-refractivity contribution in [1.29, 1.82) is 0 Å². The van der Waals surface area contributed by atoms with Gasteiger partial charge in [0, 0.05) is 13.0 Å². The Balaban J connectivity index is 1.62. The number of benzene rings is 2. The van der Waals surface area contributed by atoms with Crippen LogP contribution in [0.5, 0.6) is 5.75 Å². The number of amides is 3. The van der Waals surface area contributed by atoms with Crippen LogP contribution in [0.15, 0.2) is 42.5 Å². The molecule has 2 N–H and O–H groups in total. The van der Waals surface area contributed by atoms with E-state index in [0.717, 1.165) is 4.90 Å². The van der Waals surface area contributed by atoms with E-state index in [0.29, 0.717) is 11.1 Å². The van der Waals surface area contributed by atoms with Crippen molar-refractivity contribution in [1.82, 2.24) is 4.90 Å². The summed E-state index contributed by atoms with van der Waals surface area (Å²) in [5.74, 6) is -2.28. The van der Waals surface area contributed by atoms with Crippen molar-refractivity contribution in [2.45, 2.75) is 6.42 Å². The number of aromatic hydroxyl groups is 1. The quantitative estimate of drug-likeness (QED) is 0.473. The number of hydrogen-bond acceptors (Lipinski definition) is 6. The first-order chi connectivity index (χ1) is 12.9. The minimum Gasteiger partial charge on any atom is -0.506 e. The zero-order valence-electron chi connectivity index (χ0n) is 14.4. The summed E-state index contributed by atoms with van der Waals surface area (Å²) in [5.41, 5.74) is 0.881. The van der Waals surface area contributed by atoms with Gasteiger partial charge in [0.15, 0.2) is 0 Å². The summed E-state index contributed by atoms with van der Waals surface area (Å²) in [6, 6.07) is 10.4. The van der Waals surface area contributed by atoms with Gasteiger partial charge in [-0.25, -0.2) is 4.79 Å². The maximum Gasteiger partial charge on any atom is 0.337 e. The third kappa shape index (κ3) is 3.50. The van der Waals surface area contributed by atoms with Crippen molar-refractivity contribution in [3.05, 3.63) is 59.2 Å². The number of imide groups is 1. The van der Waals surface area contributed by atoms with Crippen molar-refractivity contribution in [3.63, 3.8) is 0 Å². The van der Waals surface area contributed by atoms with Crippen LogP contribution in [0.1, 0.15) is 37.5 Å². The van der Waals surface area contributed by atoms with Gasteiger partial charge in [0.2, 0.25) is 5.91 Å². The minimum absolute atomic E-state index is 0.0841. The maximum absolute atomic E-state index is 12.3. The molecule has 0 radical (unpaired) electrons. The Morgan fingerprint density at radius 3 is 2.26 bits per heavy atom. The van der Waals surface area contributed by atoms with Gasteiger partial charge in [-0.2, -0.15) is 0 Å². The molecule has 0 saturated carbocycles. The average molecular weight is 368 g/mol. The molecule has 0 atom stereocenters. The molecule has 0 fully saturated rings. The van der Waals surface area contributed by atoms with Crippen molar-refractivity contribution < 1.29 is 29.0 Å². The Morgan fingerprint density at radius 1 is 1.07 bits per heavy atom. The zero-order chi connectivity index (χ0) is 19.6. The highest BCUT2D eigenvalue weighted by Gasteiger charge is 2.34. The minimum atomic E-state index is -0.617. The SMILES string of the molecule is COC(=O)c1ccc(NC(=O)CCN2C(=O)c3ccccc3C2=O)c(O)c1. The fourth-order valence-electron chi connectivity index (χ4n) is 2.75.